The summed E-state index contributed by atoms with van der Waals surface area (Å²) in [7, 11) is 1.43. The SMILES string of the molecule is COc1ccc(F)cc1C(=O)Nc1ncc(Cc2cccc(Cl)c2)s1. The van der Waals surface area contributed by atoms with E-state index >= 15 is 0 Å². The highest BCUT2D eigenvalue weighted by atomic mass is 35.5. The van der Waals surface area contributed by atoms with Gasteiger partial charge >= 0.3 is 0 Å². The number of carbonyl (C=O) groups is 1. The molecule has 0 bridgehead atoms. The van der Waals surface area contributed by atoms with Crippen molar-refractivity contribution >= 4 is 34.0 Å². The van der Waals surface area contributed by atoms with Gasteiger partial charge in [0.2, 0.25) is 0 Å². The van der Waals surface area contributed by atoms with Crippen LogP contribution >= 0.6 is 22.9 Å². The number of rotatable bonds is 5. The molecule has 1 heterocycles. The van der Waals surface area contributed by atoms with Crippen molar-refractivity contribution in [1.29, 1.82) is 0 Å². The Balaban J connectivity index is 1.73. The summed E-state index contributed by atoms with van der Waals surface area (Å²) in [5, 5.41) is 3.79. The maximum absolute atomic E-state index is 13.4. The maximum atomic E-state index is 13.4. The lowest BCUT2D eigenvalue weighted by Gasteiger charge is -2.07. The van der Waals surface area contributed by atoms with Gasteiger partial charge in [-0.1, -0.05) is 23.7 Å². The first-order chi connectivity index (χ1) is 12.0. The predicted molar refractivity (Wildman–Crippen MR) is 97.3 cm³/mol. The van der Waals surface area contributed by atoms with E-state index in [0.29, 0.717) is 22.3 Å². The van der Waals surface area contributed by atoms with Crippen molar-refractivity contribution < 1.29 is 13.9 Å². The normalized spacial score (nSPS) is 10.5. The summed E-state index contributed by atoms with van der Waals surface area (Å²) >= 11 is 7.34. The third kappa shape index (κ3) is 4.35. The molecule has 1 aromatic heterocycles. The van der Waals surface area contributed by atoms with E-state index in [4.69, 9.17) is 16.3 Å². The number of anilines is 1. The molecule has 4 nitrogen and oxygen atoms in total. The van der Waals surface area contributed by atoms with Gasteiger partial charge in [-0.2, -0.15) is 0 Å². The van der Waals surface area contributed by atoms with Crippen LogP contribution in [0.3, 0.4) is 0 Å². The van der Waals surface area contributed by atoms with Crippen LogP contribution in [0.15, 0.2) is 48.7 Å². The number of nitrogens with zero attached hydrogens (tertiary/aromatic N) is 1. The molecule has 0 saturated carbocycles. The van der Waals surface area contributed by atoms with Gasteiger partial charge in [-0.25, -0.2) is 9.37 Å². The molecular weight excluding hydrogens is 363 g/mol. The number of nitrogens with one attached hydrogen (secondary N) is 1. The van der Waals surface area contributed by atoms with Crippen molar-refractivity contribution in [2.24, 2.45) is 0 Å². The van der Waals surface area contributed by atoms with E-state index in [1.54, 1.807) is 6.20 Å². The van der Waals surface area contributed by atoms with E-state index in [2.05, 4.69) is 10.3 Å². The number of hydrogen-bond acceptors (Lipinski definition) is 4. The Morgan fingerprint density at radius 2 is 2.16 bits per heavy atom. The van der Waals surface area contributed by atoms with Crippen LogP contribution in [-0.2, 0) is 6.42 Å². The van der Waals surface area contributed by atoms with Gasteiger partial charge in [0.1, 0.15) is 11.6 Å². The van der Waals surface area contributed by atoms with E-state index in [9.17, 15) is 9.18 Å². The average Bonchev–Trinajstić information content (AvgIpc) is 3.01. The minimum Gasteiger partial charge on any atom is -0.496 e. The molecule has 3 rings (SSSR count). The average molecular weight is 377 g/mol. The van der Waals surface area contributed by atoms with Crippen LogP contribution in [0.4, 0.5) is 9.52 Å². The third-order valence-corrected chi connectivity index (χ3v) is 4.60. The number of amides is 1. The Kier molecular flexibility index (Phi) is 5.31. The van der Waals surface area contributed by atoms with Gasteiger partial charge in [0, 0.05) is 22.5 Å². The molecule has 0 aliphatic carbocycles. The van der Waals surface area contributed by atoms with Crippen LogP contribution in [0, 0.1) is 5.82 Å². The van der Waals surface area contributed by atoms with Crippen molar-refractivity contribution in [3.8, 4) is 5.75 Å². The van der Waals surface area contributed by atoms with E-state index in [-0.39, 0.29) is 5.56 Å². The first-order valence-corrected chi connectivity index (χ1v) is 8.58. The minimum atomic E-state index is -0.508. The van der Waals surface area contributed by atoms with Gasteiger partial charge in [-0.3, -0.25) is 10.1 Å². The van der Waals surface area contributed by atoms with E-state index < -0.39 is 11.7 Å². The fourth-order valence-electron chi connectivity index (χ4n) is 2.32. The van der Waals surface area contributed by atoms with Crippen LogP contribution in [0.2, 0.25) is 5.02 Å². The first-order valence-electron chi connectivity index (χ1n) is 7.39. The highest BCUT2D eigenvalue weighted by Gasteiger charge is 2.15. The van der Waals surface area contributed by atoms with Gasteiger partial charge in [-0.15, -0.1) is 11.3 Å². The number of hydrogen-bond donors (Lipinski definition) is 1. The van der Waals surface area contributed by atoms with Gasteiger partial charge in [0.25, 0.3) is 5.91 Å². The molecule has 0 saturated heterocycles. The quantitative estimate of drug-likeness (QED) is 0.696. The molecule has 0 aliphatic rings. The summed E-state index contributed by atoms with van der Waals surface area (Å²) in [6.07, 6.45) is 2.36. The second kappa shape index (κ2) is 7.63. The Morgan fingerprint density at radius 1 is 1.32 bits per heavy atom. The first kappa shape index (κ1) is 17.4. The minimum absolute atomic E-state index is 0.120. The lowest BCUT2D eigenvalue weighted by molar-refractivity contribution is 0.102. The Hall–Kier alpha value is -2.44. The molecule has 0 atom stereocenters. The maximum Gasteiger partial charge on any atom is 0.261 e. The molecule has 1 N–H and O–H groups in total. The number of halogens is 2. The molecule has 25 heavy (non-hydrogen) atoms. The predicted octanol–water partition coefficient (Wildman–Crippen LogP) is 4.79. The molecule has 0 unspecified atom stereocenters. The molecule has 7 heteroatoms. The second-order valence-corrected chi connectivity index (χ2v) is 6.79. The summed E-state index contributed by atoms with van der Waals surface area (Å²) in [6, 6.07) is 11.3. The summed E-state index contributed by atoms with van der Waals surface area (Å²) < 4.78 is 18.5. The summed E-state index contributed by atoms with van der Waals surface area (Å²) in [5.74, 6) is -0.679. The molecule has 1 amide bonds. The highest BCUT2D eigenvalue weighted by Crippen LogP contribution is 2.25. The van der Waals surface area contributed by atoms with E-state index in [1.807, 2.05) is 24.3 Å². The Bertz CT molecular complexity index is 914. The smallest absolute Gasteiger partial charge is 0.261 e. The fraction of sp³-hybridized carbons (Fsp3) is 0.111. The zero-order valence-corrected chi connectivity index (χ0v) is 14.8. The van der Waals surface area contributed by atoms with Crippen LogP contribution in [0.25, 0.3) is 0 Å². The largest absolute Gasteiger partial charge is 0.496 e. The van der Waals surface area contributed by atoms with Gasteiger partial charge in [0.05, 0.1) is 12.7 Å². The monoisotopic (exact) mass is 376 g/mol. The second-order valence-electron chi connectivity index (χ2n) is 5.24. The molecule has 3 aromatic rings. The zero-order valence-electron chi connectivity index (χ0n) is 13.3. The molecule has 0 aliphatic heterocycles. The van der Waals surface area contributed by atoms with Crippen molar-refractivity contribution in [2.45, 2.75) is 6.42 Å². The summed E-state index contributed by atoms with van der Waals surface area (Å²) in [6.45, 7) is 0. The van der Waals surface area contributed by atoms with Crippen LogP contribution in [-0.4, -0.2) is 18.0 Å². The van der Waals surface area contributed by atoms with Crippen LogP contribution in [0.1, 0.15) is 20.8 Å². The Labute approximate surface area is 153 Å². The van der Waals surface area contributed by atoms with Crippen molar-refractivity contribution in [2.75, 3.05) is 12.4 Å². The topological polar surface area (TPSA) is 51.2 Å². The lowest BCUT2D eigenvalue weighted by atomic mass is 10.1. The fourth-order valence-corrected chi connectivity index (χ4v) is 3.37. The van der Waals surface area contributed by atoms with Crippen LogP contribution < -0.4 is 10.1 Å². The van der Waals surface area contributed by atoms with Crippen molar-refractivity contribution in [1.82, 2.24) is 4.98 Å². The molecule has 0 radical (unpaired) electrons. The van der Waals surface area contributed by atoms with Gasteiger partial charge in [0.15, 0.2) is 5.13 Å². The van der Waals surface area contributed by atoms with E-state index in [1.165, 1.54) is 30.6 Å². The molecule has 128 valence electrons. The van der Waals surface area contributed by atoms with Crippen molar-refractivity contribution in [3.63, 3.8) is 0 Å². The van der Waals surface area contributed by atoms with Crippen molar-refractivity contribution in [3.05, 3.63) is 75.5 Å². The molecule has 0 fully saturated rings. The lowest BCUT2D eigenvalue weighted by Crippen LogP contribution is -2.13. The third-order valence-electron chi connectivity index (χ3n) is 3.45. The van der Waals surface area contributed by atoms with Gasteiger partial charge < -0.3 is 4.74 Å². The number of aromatic nitrogens is 1. The van der Waals surface area contributed by atoms with Gasteiger partial charge in [-0.05, 0) is 35.9 Å². The number of methoxy groups -OCH3 is 1. The summed E-state index contributed by atoms with van der Waals surface area (Å²) in [4.78, 5) is 17.5. The van der Waals surface area contributed by atoms with Crippen LogP contribution in [0.5, 0.6) is 5.75 Å². The number of carbonyl (C=O) groups excluding carboxylic acids is 1. The molecular formula is C18H14ClFN2O2S. The number of benzene rings is 2. The molecule has 2 aromatic carbocycles. The number of thiazole rings is 1. The number of ether oxygens (including phenoxy) is 1. The highest BCUT2D eigenvalue weighted by molar-refractivity contribution is 7.15. The van der Waals surface area contributed by atoms with E-state index in [0.717, 1.165) is 16.5 Å². The standard InChI is InChI=1S/C18H14ClFN2O2S/c1-24-16-6-5-13(20)9-15(16)17(23)22-18-21-10-14(25-18)8-11-3-2-4-12(19)7-11/h2-7,9-10H,8H2,1H3,(H,21,22,23). The molecule has 0 spiro atoms. The zero-order chi connectivity index (χ0) is 17.8. The summed E-state index contributed by atoms with van der Waals surface area (Å²) in [5.41, 5.74) is 1.18. The Morgan fingerprint density at radius 3 is 2.92 bits per heavy atom.